The summed E-state index contributed by atoms with van der Waals surface area (Å²) in [7, 11) is -3.89. The van der Waals surface area contributed by atoms with Gasteiger partial charge in [-0.1, -0.05) is 58.3 Å². The molecular formula is C18H16Cl2N4O3S2. The average Bonchev–Trinajstić information content (AvgIpc) is 3.12. The number of hydrogen-bond donors (Lipinski definition) is 2. The molecule has 0 fully saturated rings. The van der Waals surface area contributed by atoms with E-state index in [1.54, 1.807) is 0 Å². The lowest BCUT2D eigenvalue weighted by Crippen LogP contribution is -2.28. The predicted octanol–water partition coefficient (Wildman–Crippen LogP) is 4.13. The zero-order valence-corrected chi connectivity index (χ0v) is 18.3. The Labute approximate surface area is 182 Å². The molecule has 1 heterocycles. The lowest BCUT2D eigenvalue weighted by molar-refractivity contribution is -0.116. The first kappa shape index (κ1) is 21.7. The third-order valence-corrected chi connectivity index (χ3v) is 6.83. The first-order chi connectivity index (χ1) is 13.7. The fraction of sp³-hybridized carbons (Fsp3) is 0.167. The highest BCUT2D eigenvalue weighted by Crippen LogP contribution is 2.27. The van der Waals surface area contributed by atoms with Gasteiger partial charge in [-0.05, 0) is 31.2 Å². The van der Waals surface area contributed by atoms with Crippen LogP contribution in [0.4, 0.5) is 5.13 Å². The van der Waals surface area contributed by atoms with Crippen molar-refractivity contribution in [1.82, 2.24) is 14.9 Å². The highest BCUT2D eigenvalue weighted by Gasteiger charge is 2.19. The standard InChI is InChI=1S/C18H16Cl2N4O3S2/c1-11-3-2-4-12(9-11)17-23-24-18(28-17)22-16(25)7-8-21-29(26,27)15-10-13(19)5-6-14(15)20/h2-6,9-10,21H,7-8H2,1H3,(H,22,24,25). The van der Waals surface area contributed by atoms with Gasteiger partial charge in [0.1, 0.15) is 9.90 Å². The van der Waals surface area contributed by atoms with Gasteiger partial charge in [0.25, 0.3) is 0 Å². The van der Waals surface area contributed by atoms with Crippen molar-refractivity contribution < 1.29 is 13.2 Å². The first-order valence-electron chi connectivity index (χ1n) is 8.40. The Bertz CT molecular complexity index is 1150. The number of aryl methyl sites for hydroxylation is 1. The number of anilines is 1. The van der Waals surface area contributed by atoms with Crippen molar-refractivity contribution in [2.75, 3.05) is 11.9 Å². The van der Waals surface area contributed by atoms with Crippen LogP contribution in [0, 0.1) is 6.92 Å². The van der Waals surface area contributed by atoms with Crippen LogP contribution in [-0.4, -0.2) is 31.1 Å². The Morgan fingerprint density at radius 2 is 1.93 bits per heavy atom. The van der Waals surface area contributed by atoms with E-state index >= 15 is 0 Å². The third-order valence-electron chi connectivity index (χ3n) is 3.76. The molecule has 0 saturated carbocycles. The van der Waals surface area contributed by atoms with Crippen LogP contribution in [0.15, 0.2) is 47.4 Å². The van der Waals surface area contributed by atoms with Crippen LogP contribution >= 0.6 is 34.5 Å². The zero-order chi connectivity index (χ0) is 21.0. The Morgan fingerprint density at radius 1 is 1.14 bits per heavy atom. The van der Waals surface area contributed by atoms with Gasteiger partial charge in [-0.3, -0.25) is 4.79 Å². The maximum atomic E-state index is 12.3. The van der Waals surface area contributed by atoms with Crippen molar-refractivity contribution in [3.05, 3.63) is 58.1 Å². The second kappa shape index (κ2) is 9.19. The Kier molecular flexibility index (Phi) is 6.86. The first-order valence-corrected chi connectivity index (χ1v) is 11.5. The zero-order valence-electron chi connectivity index (χ0n) is 15.1. The van der Waals surface area contributed by atoms with Gasteiger partial charge in [0.15, 0.2) is 0 Å². The number of carbonyl (C=O) groups is 1. The molecule has 152 valence electrons. The molecule has 0 spiro atoms. The van der Waals surface area contributed by atoms with E-state index in [-0.39, 0.29) is 27.9 Å². The number of aromatic nitrogens is 2. The van der Waals surface area contributed by atoms with E-state index in [9.17, 15) is 13.2 Å². The van der Waals surface area contributed by atoms with E-state index in [2.05, 4.69) is 20.2 Å². The number of nitrogens with one attached hydrogen (secondary N) is 2. The lowest BCUT2D eigenvalue weighted by Gasteiger charge is -2.08. The molecule has 3 aromatic rings. The lowest BCUT2D eigenvalue weighted by atomic mass is 10.1. The molecule has 1 aromatic heterocycles. The topological polar surface area (TPSA) is 101 Å². The summed E-state index contributed by atoms with van der Waals surface area (Å²) in [4.78, 5) is 12.0. The predicted molar refractivity (Wildman–Crippen MR) is 115 cm³/mol. The van der Waals surface area contributed by atoms with Gasteiger partial charge in [-0.15, -0.1) is 10.2 Å². The van der Waals surface area contributed by atoms with Gasteiger partial charge in [0.05, 0.1) is 5.02 Å². The van der Waals surface area contributed by atoms with Crippen LogP contribution in [0.1, 0.15) is 12.0 Å². The van der Waals surface area contributed by atoms with Gasteiger partial charge < -0.3 is 5.32 Å². The van der Waals surface area contributed by atoms with Crippen molar-refractivity contribution in [1.29, 1.82) is 0 Å². The van der Waals surface area contributed by atoms with Gasteiger partial charge in [0.2, 0.25) is 21.1 Å². The molecule has 2 aromatic carbocycles. The largest absolute Gasteiger partial charge is 0.300 e. The number of benzene rings is 2. The van der Waals surface area contributed by atoms with E-state index < -0.39 is 15.9 Å². The molecule has 0 saturated heterocycles. The summed E-state index contributed by atoms with van der Waals surface area (Å²) < 4.78 is 27.0. The Hall–Kier alpha value is -2.04. The van der Waals surface area contributed by atoms with Crippen molar-refractivity contribution in [3.63, 3.8) is 0 Å². The molecule has 0 bridgehead atoms. The number of hydrogen-bond acceptors (Lipinski definition) is 6. The minimum atomic E-state index is -3.89. The fourth-order valence-corrected chi connectivity index (χ4v) is 4.96. The molecule has 29 heavy (non-hydrogen) atoms. The van der Waals surface area contributed by atoms with Gasteiger partial charge in [-0.25, -0.2) is 13.1 Å². The number of sulfonamides is 1. The van der Waals surface area contributed by atoms with Crippen molar-refractivity contribution >= 4 is 55.6 Å². The molecule has 0 aliphatic carbocycles. The number of amides is 1. The number of nitrogens with zero attached hydrogens (tertiary/aromatic N) is 2. The maximum absolute atomic E-state index is 12.3. The van der Waals surface area contributed by atoms with Crippen LogP contribution in [0.2, 0.25) is 10.0 Å². The summed E-state index contributed by atoms with van der Waals surface area (Å²) in [5.74, 6) is -0.392. The van der Waals surface area contributed by atoms with Crippen LogP contribution in [-0.2, 0) is 14.8 Å². The monoisotopic (exact) mass is 470 g/mol. The van der Waals surface area contributed by atoms with Crippen LogP contribution in [0.25, 0.3) is 10.6 Å². The summed E-state index contributed by atoms with van der Waals surface area (Å²) >= 11 is 13.0. The van der Waals surface area contributed by atoms with Crippen LogP contribution in [0.5, 0.6) is 0 Å². The number of carbonyl (C=O) groups excluding carboxylic acids is 1. The smallest absolute Gasteiger partial charge is 0.242 e. The number of halogens is 2. The highest BCUT2D eigenvalue weighted by molar-refractivity contribution is 7.89. The van der Waals surface area contributed by atoms with Gasteiger partial charge in [0, 0.05) is 23.6 Å². The van der Waals surface area contributed by atoms with E-state index in [0.717, 1.165) is 11.1 Å². The summed E-state index contributed by atoms with van der Waals surface area (Å²) in [6.07, 6.45) is -0.0865. The normalized spacial score (nSPS) is 11.4. The van der Waals surface area contributed by atoms with Gasteiger partial charge >= 0.3 is 0 Å². The molecule has 0 aliphatic rings. The van der Waals surface area contributed by atoms with E-state index in [1.807, 2.05) is 31.2 Å². The van der Waals surface area contributed by atoms with E-state index in [4.69, 9.17) is 23.2 Å². The Morgan fingerprint density at radius 3 is 2.69 bits per heavy atom. The second-order valence-electron chi connectivity index (χ2n) is 6.05. The maximum Gasteiger partial charge on any atom is 0.242 e. The SMILES string of the molecule is Cc1cccc(-c2nnc(NC(=O)CCNS(=O)(=O)c3cc(Cl)ccc3Cl)s2)c1. The summed E-state index contributed by atoms with van der Waals surface area (Å²) in [6, 6.07) is 11.9. The molecule has 0 unspecified atom stereocenters. The molecule has 0 atom stereocenters. The second-order valence-corrected chi connectivity index (χ2v) is 9.61. The summed E-state index contributed by atoms with van der Waals surface area (Å²) in [6.45, 7) is 1.87. The van der Waals surface area contributed by atoms with Crippen molar-refractivity contribution in [2.24, 2.45) is 0 Å². The van der Waals surface area contributed by atoms with Crippen LogP contribution < -0.4 is 10.0 Å². The molecule has 0 radical (unpaired) electrons. The Balaban J connectivity index is 1.56. The molecule has 1 amide bonds. The summed E-state index contributed by atoms with van der Waals surface area (Å²) in [5.41, 5.74) is 2.00. The summed E-state index contributed by atoms with van der Waals surface area (Å²) in [5, 5.41) is 12.0. The molecule has 7 nitrogen and oxygen atoms in total. The number of rotatable bonds is 7. The van der Waals surface area contributed by atoms with E-state index in [0.29, 0.717) is 10.1 Å². The molecule has 2 N–H and O–H groups in total. The molecule has 11 heteroatoms. The minimum Gasteiger partial charge on any atom is -0.300 e. The fourth-order valence-electron chi connectivity index (χ4n) is 2.41. The molecular weight excluding hydrogens is 455 g/mol. The average molecular weight is 471 g/mol. The highest BCUT2D eigenvalue weighted by atomic mass is 35.5. The third kappa shape index (κ3) is 5.74. The molecule has 0 aliphatic heterocycles. The van der Waals surface area contributed by atoms with Crippen molar-refractivity contribution in [3.8, 4) is 10.6 Å². The quantitative estimate of drug-likeness (QED) is 0.540. The van der Waals surface area contributed by atoms with Crippen molar-refractivity contribution in [2.45, 2.75) is 18.2 Å². The van der Waals surface area contributed by atoms with E-state index in [1.165, 1.54) is 29.5 Å². The molecule has 3 rings (SSSR count). The van der Waals surface area contributed by atoms with Gasteiger partial charge in [-0.2, -0.15) is 0 Å². The minimum absolute atomic E-state index is 0.0453. The van der Waals surface area contributed by atoms with Crippen LogP contribution in [0.3, 0.4) is 0 Å².